The number of Topliss-reactive ketones (excluding diaryl/α,β-unsaturated/α-hetero) is 1. The fourth-order valence-electron chi connectivity index (χ4n) is 0.0768. The van der Waals surface area contributed by atoms with Crippen LogP contribution >= 0.6 is 9.58 Å². The molecule has 0 amide bonds. The minimum absolute atomic E-state index is 0. The van der Waals surface area contributed by atoms with E-state index in [0.717, 1.165) is 0 Å². The summed E-state index contributed by atoms with van der Waals surface area (Å²) in [7, 11) is 1.62. The van der Waals surface area contributed by atoms with Gasteiger partial charge in [0.2, 0.25) is 0 Å². The maximum absolute atomic E-state index is 10.0. The van der Waals surface area contributed by atoms with Gasteiger partial charge < -0.3 is 16.4 Å². The van der Waals surface area contributed by atoms with E-state index in [4.69, 9.17) is 0 Å². The molecule has 6 heteroatoms. The van der Waals surface area contributed by atoms with E-state index in [2.05, 4.69) is 0 Å². The molecule has 0 radical (unpaired) electrons. The molecule has 0 aromatic rings. The first kappa shape index (κ1) is 22.7. The minimum Gasteiger partial charge on any atom is -0.870 e. The van der Waals surface area contributed by atoms with Gasteiger partial charge in [0.15, 0.2) is 0 Å². The zero-order valence-electron chi connectivity index (χ0n) is 4.74. The summed E-state index contributed by atoms with van der Waals surface area (Å²) in [5, 5.41) is 0. The normalized spacial score (nSPS) is 5.33. The molecule has 0 heterocycles. The van der Waals surface area contributed by atoms with Crippen molar-refractivity contribution in [2.45, 2.75) is 6.92 Å². The van der Waals surface area contributed by atoms with E-state index in [1.807, 2.05) is 0 Å². The van der Waals surface area contributed by atoms with Crippen LogP contribution in [-0.4, -0.2) is 28.0 Å². The van der Waals surface area contributed by atoms with Crippen molar-refractivity contribution in [3.05, 3.63) is 0 Å². The average molecular weight is 326 g/mol. The van der Waals surface area contributed by atoms with Crippen molar-refractivity contribution < 1.29 is 39.2 Å². The number of hydrogen-bond donors (Lipinski definition) is 0. The minimum atomic E-state index is 0. The molecule has 0 bridgehead atoms. The van der Waals surface area contributed by atoms with Crippen molar-refractivity contribution in [1.82, 2.24) is 0 Å². The van der Waals surface area contributed by atoms with Crippen molar-refractivity contribution >= 4 is 15.4 Å². The monoisotopic (exact) mass is 327 g/mol. The van der Waals surface area contributed by atoms with E-state index in [1.54, 1.807) is 34.5 Å². The number of ketones is 1. The van der Waals surface area contributed by atoms with Gasteiger partial charge in [-0.25, -0.2) is 0 Å². The summed E-state index contributed by atoms with van der Waals surface area (Å²) in [4.78, 5) is 10.0. The Morgan fingerprint density at radius 1 is 1.44 bits per heavy atom. The van der Waals surface area contributed by atoms with E-state index < -0.39 is 0 Å². The molecule has 0 saturated carbocycles. The molecule has 9 heavy (non-hydrogen) atoms. The number of carbonyl (C=O) groups is 1. The van der Waals surface area contributed by atoms with Gasteiger partial charge in [-0.3, -0.25) is 0 Å². The first-order valence-corrected chi connectivity index (χ1v) is 5.71. The summed E-state index contributed by atoms with van der Waals surface area (Å²) in [5.74, 6) is 0.944. The van der Waals surface area contributed by atoms with E-state index >= 15 is 0 Å². The second kappa shape index (κ2) is 15.8. The molecule has 4 nitrogen and oxygen atoms in total. The summed E-state index contributed by atoms with van der Waals surface area (Å²) >= 11 is 1.58. The van der Waals surface area contributed by atoms with Crippen molar-refractivity contribution in [1.29, 1.82) is 0 Å². The Labute approximate surface area is 67.5 Å². The predicted molar refractivity (Wildman–Crippen MR) is 28.9 cm³/mol. The standard InChI is InChI=1S/C3H6OS.3H2O.Re/c1-3(4)2-5;;;;/h5H,2H2,1H3;3*1H2;/q;;;;+4/p-4. The largest absolute Gasteiger partial charge is 0.870 e. The van der Waals surface area contributed by atoms with E-state index in [-0.39, 0.29) is 22.2 Å². The van der Waals surface area contributed by atoms with Crippen LogP contribution in [0.5, 0.6) is 0 Å². The molecule has 0 rings (SSSR count). The zero-order chi connectivity index (χ0) is 4.99. The maximum Gasteiger partial charge on any atom is -0.870 e. The van der Waals surface area contributed by atoms with Gasteiger partial charge in [0, 0.05) is 0 Å². The molecule has 0 aliphatic rings. The first-order chi connectivity index (χ1) is 2.77. The first-order valence-electron chi connectivity index (χ1n) is 1.50. The Bertz CT molecular complexity index is 59.8. The van der Waals surface area contributed by atoms with E-state index in [0.29, 0.717) is 5.75 Å². The predicted octanol–water partition coefficient (Wildman–Crippen LogP) is 0.240. The molecule has 0 fully saturated rings. The van der Waals surface area contributed by atoms with Crippen LogP contribution in [0.2, 0.25) is 0 Å². The molecular formula is C3H8O4ReS. The Hall–Kier alpha value is 0.562. The molecule has 0 unspecified atom stereocenters. The van der Waals surface area contributed by atoms with Gasteiger partial charge in [0.1, 0.15) is 0 Å². The third-order valence-electron chi connectivity index (χ3n) is 0.258. The second-order valence-corrected chi connectivity index (χ2v) is 3.81. The van der Waals surface area contributed by atoms with Crippen molar-refractivity contribution in [3.8, 4) is 0 Å². The Kier molecular flexibility index (Phi) is 39.8. The van der Waals surface area contributed by atoms with Gasteiger partial charge in [-0.05, 0) is 0 Å². The molecular weight excluding hydrogens is 318 g/mol. The van der Waals surface area contributed by atoms with Crippen molar-refractivity contribution in [2.24, 2.45) is 0 Å². The zero-order valence-corrected chi connectivity index (χ0v) is 8.28. The molecule has 0 aromatic heterocycles. The van der Waals surface area contributed by atoms with Crippen LogP contribution < -0.4 is 0 Å². The third-order valence-corrected chi connectivity index (χ3v) is 1.95. The average Bonchev–Trinajstić information content (AvgIpc) is 1.35. The van der Waals surface area contributed by atoms with Gasteiger partial charge in [0.05, 0.1) is 0 Å². The van der Waals surface area contributed by atoms with Crippen LogP contribution in [0.25, 0.3) is 0 Å². The Balaban J connectivity index is -0.0000000417. The summed E-state index contributed by atoms with van der Waals surface area (Å²) in [5.41, 5.74) is 0. The third kappa shape index (κ3) is 29.1. The smallest absolute Gasteiger partial charge is 0.870 e. The van der Waals surface area contributed by atoms with Crippen LogP contribution in [0, 0.1) is 0 Å². The van der Waals surface area contributed by atoms with Crippen LogP contribution in [0.3, 0.4) is 0 Å². The second-order valence-electron chi connectivity index (χ2n) is 0.955. The fourth-order valence-corrected chi connectivity index (χ4v) is 1.89. The number of carbonyl (C=O) groups excluding carboxylic acids is 1. The van der Waals surface area contributed by atoms with Gasteiger partial charge in [-0.15, -0.1) is 0 Å². The molecule has 3 N–H and O–H groups in total. The molecule has 0 spiro atoms. The Morgan fingerprint density at radius 3 is 1.78 bits per heavy atom. The summed E-state index contributed by atoms with van der Waals surface area (Å²) in [6.45, 7) is 1.60. The van der Waals surface area contributed by atoms with Gasteiger partial charge in [-0.1, -0.05) is 0 Å². The number of hydrogen-bond acceptors (Lipinski definition) is 5. The molecule has 0 aliphatic carbocycles. The molecule has 0 aliphatic heterocycles. The summed E-state index contributed by atoms with van der Waals surface area (Å²) in [6, 6.07) is 0. The van der Waals surface area contributed by atoms with E-state index in [9.17, 15) is 4.79 Å². The van der Waals surface area contributed by atoms with E-state index in [1.165, 1.54) is 0 Å². The Morgan fingerprint density at radius 2 is 1.78 bits per heavy atom. The van der Waals surface area contributed by atoms with Crippen molar-refractivity contribution in [2.75, 3.05) is 5.75 Å². The summed E-state index contributed by atoms with van der Waals surface area (Å²) in [6.07, 6.45) is 0. The molecule has 0 saturated heterocycles. The SMILES string of the molecule is CC(=O)C[S][Re+3].[OH-].[OH-].[OH-]. The van der Waals surface area contributed by atoms with Gasteiger partial charge in [0.25, 0.3) is 0 Å². The molecule has 57 valence electrons. The van der Waals surface area contributed by atoms with Crippen LogP contribution in [0.4, 0.5) is 0 Å². The maximum atomic E-state index is 10.0. The van der Waals surface area contributed by atoms with Crippen LogP contribution in [0.1, 0.15) is 6.92 Å². The van der Waals surface area contributed by atoms with Crippen LogP contribution in [-0.2, 0) is 22.7 Å². The van der Waals surface area contributed by atoms with Crippen LogP contribution in [0.15, 0.2) is 0 Å². The van der Waals surface area contributed by atoms with Gasteiger partial charge >= 0.3 is 50.8 Å². The summed E-state index contributed by atoms with van der Waals surface area (Å²) < 4.78 is 0. The topological polar surface area (TPSA) is 107 Å². The van der Waals surface area contributed by atoms with Crippen molar-refractivity contribution in [3.63, 3.8) is 0 Å². The van der Waals surface area contributed by atoms with Gasteiger partial charge in [-0.2, -0.15) is 0 Å². The number of rotatable bonds is 2. The fraction of sp³-hybridized carbons (Fsp3) is 0.667. The quantitative estimate of drug-likeness (QED) is 0.722. The molecule has 0 atom stereocenters. The molecule has 0 aromatic carbocycles.